The second kappa shape index (κ2) is 12.2. The third kappa shape index (κ3) is 7.46. The van der Waals surface area contributed by atoms with E-state index in [0.29, 0.717) is 25.1 Å². The van der Waals surface area contributed by atoms with Crippen molar-refractivity contribution in [3.63, 3.8) is 0 Å². The molecule has 9 heteroatoms. The number of imidazole rings is 1. The molecule has 6 nitrogen and oxygen atoms in total. The number of alkyl halides is 2. The molecule has 1 unspecified atom stereocenters. The summed E-state index contributed by atoms with van der Waals surface area (Å²) in [6.45, 7) is 0.202. The van der Waals surface area contributed by atoms with Gasteiger partial charge in [-0.3, -0.25) is 4.79 Å². The number of rotatable bonds is 12. The monoisotopic (exact) mass is 477 g/mol. The van der Waals surface area contributed by atoms with Crippen LogP contribution in [0.25, 0.3) is 0 Å². The summed E-state index contributed by atoms with van der Waals surface area (Å²) in [7, 11) is 0. The summed E-state index contributed by atoms with van der Waals surface area (Å²) in [5.74, 6) is 0.0764. The molecular weight excluding hydrogens is 452 g/mol. The number of hydrogen-bond acceptors (Lipinski definition) is 4. The molecule has 0 spiro atoms. The van der Waals surface area contributed by atoms with E-state index in [4.69, 9.17) is 16.3 Å². The Morgan fingerprint density at radius 3 is 2.73 bits per heavy atom. The van der Waals surface area contributed by atoms with Crippen LogP contribution in [-0.2, 0) is 17.8 Å². The first kappa shape index (κ1) is 24.5. The third-order valence-corrected chi connectivity index (χ3v) is 5.35. The van der Waals surface area contributed by atoms with Gasteiger partial charge in [0.05, 0.1) is 18.0 Å². The second-order valence-electron chi connectivity index (χ2n) is 7.40. The molecule has 0 saturated heterocycles. The van der Waals surface area contributed by atoms with E-state index in [9.17, 15) is 13.6 Å². The van der Waals surface area contributed by atoms with Gasteiger partial charge in [-0.05, 0) is 56.0 Å². The van der Waals surface area contributed by atoms with Crippen LogP contribution < -0.4 is 14.8 Å². The van der Waals surface area contributed by atoms with Crippen molar-refractivity contribution < 1.29 is 23.0 Å². The quantitative estimate of drug-likeness (QED) is 0.357. The third-order valence-electron chi connectivity index (χ3n) is 5.05. The maximum Gasteiger partial charge on any atom is 0.387 e. The Morgan fingerprint density at radius 2 is 2.03 bits per heavy atom. The van der Waals surface area contributed by atoms with Crippen molar-refractivity contribution in [1.29, 1.82) is 0 Å². The van der Waals surface area contributed by atoms with E-state index >= 15 is 0 Å². The molecule has 0 saturated carbocycles. The van der Waals surface area contributed by atoms with Gasteiger partial charge in [0.25, 0.3) is 0 Å². The minimum atomic E-state index is -2.98. The number of carbonyl (C=O) groups is 1. The number of anilines is 1. The van der Waals surface area contributed by atoms with Crippen molar-refractivity contribution in [2.24, 2.45) is 5.92 Å². The average Bonchev–Trinajstić information content (AvgIpc) is 3.29. The van der Waals surface area contributed by atoms with E-state index in [2.05, 4.69) is 15.0 Å². The molecule has 0 aliphatic carbocycles. The number of para-hydroxylation sites is 1. The number of nitrogens with zero attached hydrogens (tertiary/aromatic N) is 2. The Labute approximate surface area is 196 Å². The van der Waals surface area contributed by atoms with Crippen LogP contribution in [0.3, 0.4) is 0 Å². The highest BCUT2D eigenvalue weighted by atomic mass is 35.5. The fourth-order valence-corrected chi connectivity index (χ4v) is 3.74. The summed E-state index contributed by atoms with van der Waals surface area (Å²) in [4.78, 5) is 17.2. The highest BCUT2D eigenvalue weighted by Gasteiger charge is 2.21. The number of amides is 1. The molecule has 3 rings (SSSR count). The van der Waals surface area contributed by atoms with E-state index < -0.39 is 6.61 Å². The molecule has 0 aliphatic rings. The van der Waals surface area contributed by atoms with E-state index in [0.717, 1.165) is 24.3 Å². The van der Waals surface area contributed by atoms with E-state index in [1.54, 1.807) is 12.5 Å². The second-order valence-corrected chi connectivity index (χ2v) is 7.80. The Hall–Kier alpha value is -3.13. The van der Waals surface area contributed by atoms with Crippen LogP contribution in [-0.4, -0.2) is 28.7 Å². The standard InChI is InChI=1S/C24H26ClF2N3O3/c1-2-32-21-8-4-3-6-17(21)14-18(7-5-12-30-13-11-28-16-30)23(31)29-19-9-10-22(20(25)15-19)33-24(26)27/h3-4,6,8-11,13,15-16,18,24H,2,5,7,12,14H2,1H3,(H,29,31). The van der Waals surface area contributed by atoms with Crippen LogP contribution in [0.15, 0.2) is 61.2 Å². The zero-order chi connectivity index (χ0) is 23.6. The maximum atomic E-state index is 13.2. The van der Waals surface area contributed by atoms with Crippen LogP contribution in [0.1, 0.15) is 25.3 Å². The Morgan fingerprint density at radius 1 is 1.21 bits per heavy atom. The van der Waals surface area contributed by atoms with Gasteiger partial charge < -0.3 is 19.4 Å². The molecule has 0 radical (unpaired) electrons. The van der Waals surface area contributed by atoms with E-state index in [-0.39, 0.29) is 22.6 Å². The topological polar surface area (TPSA) is 65.4 Å². The van der Waals surface area contributed by atoms with Gasteiger partial charge in [0.15, 0.2) is 0 Å². The van der Waals surface area contributed by atoms with Crippen molar-refractivity contribution in [3.05, 3.63) is 71.8 Å². The first-order chi connectivity index (χ1) is 16.0. The van der Waals surface area contributed by atoms with Crippen LogP contribution in [0.5, 0.6) is 11.5 Å². The molecule has 0 fully saturated rings. The molecule has 33 heavy (non-hydrogen) atoms. The van der Waals surface area contributed by atoms with Crippen molar-refractivity contribution in [2.75, 3.05) is 11.9 Å². The number of ether oxygens (including phenoxy) is 2. The van der Waals surface area contributed by atoms with Gasteiger partial charge in [-0.15, -0.1) is 0 Å². The number of carbonyl (C=O) groups excluding carboxylic acids is 1. The number of benzene rings is 2. The van der Waals surface area contributed by atoms with Gasteiger partial charge >= 0.3 is 6.61 Å². The van der Waals surface area contributed by atoms with Gasteiger partial charge in [-0.25, -0.2) is 4.98 Å². The number of aromatic nitrogens is 2. The summed E-state index contributed by atoms with van der Waals surface area (Å²) in [5, 5.41) is 2.84. The van der Waals surface area contributed by atoms with Crippen LogP contribution in [0, 0.1) is 5.92 Å². The average molecular weight is 478 g/mol. The smallest absolute Gasteiger partial charge is 0.387 e. The molecule has 1 heterocycles. The largest absolute Gasteiger partial charge is 0.494 e. The SMILES string of the molecule is CCOc1ccccc1CC(CCCn1ccnc1)C(=O)Nc1ccc(OC(F)F)c(Cl)c1. The summed E-state index contributed by atoms with van der Waals surface area (Å²) in [5.41, 5.74) is 1.35. The zero-order valence-electron chi connectivity index (χ0n) is 18.2. The molecule has 1 amide bonds. The minimum absolute atomic E-state index is 0.00792. The van der Waals surface area contributed by atoms with E-state index in [1.165, 1.54) is 18.2 Å². The molecule has 1 aromatic heterocycles. The van der Waals surface area contributed by atoms with Gasteiger partial charge in [0.1, 0.15) is 11.5 Å². The number of hydrogen-bond donors (Lipinski definition) is 1. The first-order valence-electron chi connectivity index (χ1n) is 10.7. The lowest BCUT2D eigenvalue weighted by Gasteiger charge is -2.19. The predicted octanol–water partition coefficient (Wildman–Crippen LogP) is 5.81. The summed E-state index contributed by atoms with van der Waals surface area (Å²) < 4.78 is 37.0. The molecule has 0 aliphatic heterocycles. The first-order valence-corrected chi connectivity index (χ1v) is 11.1. The Kier molecular flexibility index (Phi) is 9.06. The van der Waals surface area contributed by atoms with Crippen LogP contribution in [0.2, 0.25) is 5.02 Å². The molecule has 0 bridgehead atoms. The zero-order valence-corrected chi connectivity index (χ0v) is 19.0. The highest BCUT2D eigenvalue weighted by Crippen LogP contribution is 2.30. The molecular formula is C24H26ClF2N3O3. The lowest BCUT2D eigenvalue weighted by Crippen LogP contribution is -2.25. The highest BCUT2D eigenvalue weighted by molar-refractivity contribution is 6.32. The van der Waals surface area contributed by atoms with Crippen molar-refractivity contribution in [2.45, 2.75) is 39.3 Å². The van der Waals surface area contributed by atoms with Gasteiger partial charge in [-0.1, -0.05) is 29.8 Å². The summed E-state index contributed by atoms with van der Waals surface area (Å²) >= 11 is 6.03. The normalized spacial score (nSPS) is 11.9. The lowest BCUT2D eigenvalue weighted by atomic mass is 9.93. The van der Waals surface area contributed by atoms with Crippen molar-refractivity contribution >= 4 is 23.2 Å². The predicted molar refractivity (Wildman–Crippen MR) is 123 cm³/mol. The number of nitrogens with one attached hydrogen (secondary N) is 1. The molecule has 1 N–H and O–H groups in total. The maximum absolute atomic E-state index is 13.2. The van der Waals surface area contributed by atoms with Crippen LogP contribution in [0.4, 0.5) is 14.5 Å². The Balaban J connectivity index is 1.73. The summed E-state index contributed by atoms with van der Waals surface area (Å²) in [6, 6.07) is 11.8. The van der Waals surface area contributed by atoms with Crippen molar-refractivity contribution in [1.82, 2.24) is 9.55 Å². The lowest BCUT2D eigenvalue weighted by molar-refractivity contribution is -0.120. The number of halogens is 3. The van der Waals surface area contributed by atoms with E-state index in [1.807, 2.05) is 42.0 Å². The van der Waals surface area contributed by atoms with Gasteiger partial charge in [0, 0.05) is 30.5 Å². The summed E-state index contributed by atoms with van der Waals surface area (Å²) in [6.07, 6.45) is 7.23. The molecule has 1 atom stereocenters. The van der Waals surface area contributed by atoms with Crippen LogP contribution >= 0.6 is 11.6 Å². The van der Waals surface area contributed by atoms with Crippen molar-refractivity contribution in [3.8, 4) is 11.5 Å². The van der Waals surface area contributed by atoms with Gasteiger partial charge in [-0.2, -0.15) is 8.78 Å². The Bertz CT molecular complexity index is 1030. The fourth-order valence-electron chi connectivity index (χ4n) is 3.51. The minimum Gasteiger partial charge on any atom is -0.494 e. The molecule has 3 aromatic rings. The molecule has 176 valence electrons. The molecule has 2 aromatic carbocycles. The van der Waals surface area contributed by atoms with Gasteiger partial charge in [0.2, 0.25) is 5.91 Å². The fraction of sp³-hybridized carbons (Fsp3) is 0.333. The number of aryl methyl sites for hydroxylation is 1.